The topological polar surface area (TPSA) is 84.8 Å². The number of esters is 1. The predicted octanol–water partition coefficient (Wildman–Crippen LogP) is 2.30. The zero-order valence-corrected chi connectivity index (χ0v) is 14.3. The monoisotopic (exact) mass is 334 g/mol. The van der Waals surface area contributed by atoms with Gasteiger partial charge in [-0.2, -0.15) is 0 Å². The van der Waals surface area contributed by atoms with E-state index in [0.717, 1.165) is 0 Å². The lowest BCUT2D eigenvalue weighted by Crippen LogP contribution is -2.34. The van der Waals surface area contributed by atoms with Crippen molar-refractivity contribution in [3.63, 3.8) is 0 Å². The largest absolute Gasteiger partial charge is 0.467 e. The number of nitrogens with zero attached hydrogens (tertiary/aromatic N) is 1. The van der Waals surface area contributed by atoms with Gasteiger partial charge in [-0.1, -0.05) is 0 Å². The molecule has 130 valence electrons. The fourth-order valence-corrected chi connectivity index (χ4v) is 2.57. The molecule has 0 fully saturated rings. The summed E-state index contributed by atoms with van der Waals surface area (Å²) in [5.41, 5.74) is 1.94. The summed E-state index contributed by atoms with van der Waals surface area (Å²) in [4.78, 5) is 29.4. The van der Waals surface area contributed by atoms with E-state index in [1.165, 1.54) is 7.11 Å². The Morgan fingerprint density at radius 2 is 2.04 bits per heavy atom. The highest BCUT2D eigenvalue weighted by Gasteiger charge is 2.26. The van der Waals surface area contributed by atoms with E-state index < -0.39 is 5.97 Å². The molecular weight excluding hydrogens is 312 g/mol. The highest BCUT2D eigenvalue weighted by molar-refractivity contribution is 6.00. The van der Waals surface area contributed by atoms with Gasteiger partial charge in [0.15, 0.2) is 0 Å². The van der Waals surface area contributed by atoms with Gasteiger partial charge in [0.05, 0.1) is 32.1 Å². The molecule has 0 unspecified atom stereocenters. The number of hydrogen-bond donors (Lipinski definition) is 1. The quantitative estimate of drug-likeness (QED) is 0.785. The summed E-state index contributed by atoms with van der Waals surface area (Å²) >= 11 is 0. The standard InChI is InChI=1S/C17H22N2O5/c1-11-14(17(21)23-4)12(2)18-15(11)16(20)19(7-9-22-3)10-13-6-5-8-24-13/h5-6,8,18H,7,9-10H2,1-4H3. The van der Waals surface area contributed by atoms with Crippen molar-refractivity contribution >= 4 is 11.9 Å². The van der Waals surface area contributed by atoms with Crippen molar-refractivity contribution in [2.75, 3.05) is 27.4 Å². The van der Waals surface area contributed by atoms with Crippen LogP contribution in [0.1, 0.15) is 37.9 Å². The molecule has 2 aromatic heterocycles. The smallest absolute Gasteiger partial charge is 0.339 e. The fourth-order valence-electron chi connectivity index (χ4n) is 2.57. The molecule has 2 aromatic rings. The Balaban J connectivity index is 2.30. The van der Waals surface area contributed by atoms with E-state index in [0.29, 0.717) is 48.0 Å². The van der Waals surface area contributed by atoms with Crippen molar-refractivity contribution in [3.8, 4) is 0 Å². The molecule has 0 saturated heterocycles. The Hall–Kier alpha value is -2.54. The second kappa shape index (κ2) is 7.83. The van der Waals surface area contributed by atoms with Crippen molar-refractivity contribution in [1.29, 1.82) is 0 Å². The number of ether oxygens (including phenoxy) is 2. The molecule has 0 atom stereocenters. The Morgan fingerprint density at radius 1 is 1.29 bits per heavy atom. The maximum absolute atomic E-state index is 12.9. The lowest BCUT2D eigenvalue weighted by atomic mass is 10.1. The molecule has 0 bridgehead atoms. The fraction of sp³-hybridized carbons (Fsp3) is 0.412. The maximum Gasteiger partial charge on any atom is 0.339 e. The third-order valence-electron chi connectivity index (χ3n) is 3.82. The van der Waals surface area contributed by atoms with Gasteiger partial charge in [-0.05, 0) is 31.5 Å². The predicted molar refractivity (Wildman–Crippen MR) is 86.9 cm³/mol. The average Bonchev–Trinajstić information content (AvgIpc) is 3.18. The van der Waals surface area contributed by atoms with Crippen LogP contribution < -0.4 is 0 Å². The molecule has 0 aromatic carbocycles. The van der Waals surface area contributed by atoms with Gasteiger partial charge in [0.1, 0.15) is 11.5 Å². The summed E-state index contributed by atoms with van der Waals surface area (Å²) in [6.07, 6.45) is 1.56. The number of nitrogens with one attached hydrogen (secondary N) is 1. The minimum Gasteiger partial charge on any atom is -0.467 e. The zero-order chi connectivity index (χ0) is 17.7. The SMILES string of the molecule is COCCN(Cc1ccco1)C(=O)c1[nH]c(C)c(C(=O)OC)c1C. The van der Waals surface area contributed by atoms with Gasteiger partial charge in [-0.25, -0.2) is 4.79 Å². The molecule has 7 heteroatoms. The van der Waals surface area contributed by atoms with E-state index in [1.807, 2.05) is 0 Å². The summed E-state index contributed by atoms with van der Waals surface area (Å²) in [5.74, 6) is -0.0115. The molecule has 0 spiro atoms. The zero-order valence-electron chi connectivity index (χ0n) is 14.3. The van der Waals surface area contributed by atoms with Crippen LogP contribution in [0.25, 0.3) is 0 Å². The molecule has 1 N–H and O–H groups in total. The van der Waals surface area contributed by atoms with E-state index >= 15 is 0 Å². The van der Waals surface area contributed by atoms with E-state index in [4.69, 9.17) is 13.9 Å². The molecule has 0 aliphatic rings. The van der Waals surface area contributed by atoms with E-state index in [9.17, 15) is 9.59 Å². The number of H-pyrrole nitrogens is 1. The first-order chi connectivity index (χ1) is 11.5. The third-order valence-corrected chi connectivity index (χ3v) is 3.82. The van der Waals surface area contributed by atoms with E-state index in [-0.39, 0.29) is 5.91 Å². The number of furan rings is 1. The number of amides is 1. The third kappa shape index (κ3) is 3.68. The Bertz CT molecular complexity index is 703. The number of rotatable bonds is 7. The van der Waals surface area contributed by atoms with Crippen molar-refractivity contribution in [2.24, 2.45) is 0 Å². The van der Waals surface area contributed by atoms with Crippen LogP contribution in [0.3, 0.4) is 0 Å². The Morgan fingerprint density at radius 3 is 2.62 bits per heavy atom. The number of hydrogen-bond acceptors (Lipinski definition) is 5. The molecule has 1 amide bonds. The molecule has 0 saturated carbocycles. The first kappa shape index (κ1) is 17.8. The first-order valence-corrected chi connectivity index (χ1v) is 7.57. The van der Waals surface area contributed by atoms with Crippen LogP contribution in [-0.4, -0.2) is 49.1 Å². The summed E-state index contributed by atoms with van der Waals surface area (Å²) < 4.78 is 15.2. The lowest BCUT2D eigenvalue weighted by molar-refractivity contribution is 0.0599. The van der Waals surface area contributed by atoms with Crippen LogP contribution >= 0.6 is 0 Å². The van der Waals surface area contributed by atoms with Crippen LogP contribution in [-0.2, 0) is 16.0 Å². The van der Waals surface area contributed by atoms with Gasteiger partial charge < -0.3 is 23.8 Å². The molecule has 2 heterocycles. The minimum absolute atomic E-state index is 0.223. The highest BCUT2D eigenvalue weighted by Crippen LogP contribution is 2.21. The lowest BCUT2D eigenvalue weighted by Gasteiger charge is -2.21. The summed E-state index contributed by atoms with van der Waals surface area (Å²) in [5, 5.41) is 0. The second-order valence-corrected chi connectivity index (χ2v) is 5.42. The molecule has 7 nitrogen and oxygen atoms in total. The molecule has 0 aliphatic heterocycles. The molecule has 24 heavy (non-hydrogen) atoms. The van der Waals surface area contributed by atoms with Crippen LogP contribution in [0.2, 0.25) is 0 Å². The number of carbonyl (C=O) groups is 2. The second-order valence-electron chi connectivity index (χ2n) is 5.42. The summed E-state index contributed by atoms with van der Waals surface area (Å²) in [6, 6.07) is 3.58. The molecule has 2 rings (SSSR count). The molecule has 0 aliphatic carbocycles. The van der Waals surface area contributed by atoms with Gasteiger partial charge in [0.2, 0.25) is 0 Å². The van der Waals surface area contributed by atoms with Crippen molar-refractivity contribution in [3.05, 3.63) is 46.7 Å². The van der Waals surface area contributed by atoms with Gasteiger partial charge in [-0.15, -0.1) is 0 Å². The van der Waals surface area contributed by atoms with E-state index in [1.54, 1.807) is 44.3 Å². The number of aromatic nitrogens is 1. The number of methoxy groups -OCH3 is 2. The van der Waals surface area contributed by atoms with Gasteiger partial charge >= 0.3 is 5.97 Å². The normalized spacial score (nSPS) is 10.7. The average molecular weight is 334 g/mol. The number of aromatic amines is 1. The van der Waals surface area contributed by atoms with Crippen molar-refractivity contribution < 1.29 is 23.5 Å². The van der Waals surface area contributed by atoms with Crippen molar-refractivity contribution in [1.82, 2.24) is 9.88 Å². The molecule has 0 radical (unpaired) electrons. The Kier molecular flexibility index (Phi) is 5.81. The van der Waals surface area contributed by atoms with Gasteiger partial charge in [-0.3, -0.25) is 4.79 Å². The van der Waals surface area contributed by atoms with Crippen LogP contribution in [0.5, 0.6) is 0 Å². The van der Waals surface area contributed by atoms with Crippen LogP contribution in [0.15, 0.2) is 22.8 Å². The summed E-state index contributed by atoms with van der Waals surface area (Å²) in [7, 11) is 2.90. The van der Waals surface area contributed by atoms with Crippen LogP contribution in [0, 0.1) is 13.8 Å². The van der Waals surface area contributed by atoms with Crippen molar-refractivity contribution in [2.45, 2.75) is 20.4 Å². The maximum atomic E-state index is 12.9. The molecular formula is C17H22N2O5. The summed E-state index contributed by atoms with van der Waals surface area (Å²) in [6.45, 7) is 4.59. The number of aryl methyl sites for hydroxylation is 1. The van der Waals surface area contributed by atoms with Gasteiger partial charge in [0, 0.05) is 19.3 Å². The van der Waals surface area contributed by atoms with Crippen LogP contribution in [0.4, 0.5) is 0 Å². The van der Waals surface area contributed by atoms with Gasteiger partial charge in [0.25, 0.3) is 5.91 Å². The first-order valence-electron chi connectivity index (χ1n) is 7.57. The Labute approximate surface area is 140 Å². The van der Waals surface area contributed by atoms with E-state index in [2.05, 4.69) is 4.98 Å². The highest BCUT2D eigenvalue weighted by atomic mass is 16.5. The minimum atomic E-state index is -0.463. The number of carbonyl (C=O) groups excluding carboxylic acids is 2.